The average molecular weight is 882 g/mol. The average Bonchev–Trinajstić information content (AvgIpc) is 3.65. The highest BCUT2D eigenvalue weighted by atomic mass is 16.8. The molecule has 0 bridgehead atoms. The molecule has 4 aliphatic rings. The number of rotatable bonds is 14. The van der Waals surface area contributed by atoms with E-state index in [2.05, 4.69) is 16.0 Å². The van der Waals surface area contributed by atoms with Gasteiger partial charge in [-0.2, -0.15) is 0 Å². The molecule has 4 fully saturated rings. The van der Waals surface area contributed by atoms with Crippen LogP contribution in [0, 0.1) is 5.92 Å². The zero-order valence-electron chi connectivity index (χ0n) is 35.7. The predicted octanol–water partition coefficient (Wildman–Crippen LogP) is 5.67. The van der Waals surface area contributed by atoms with Crippen LogP contribution in [-0.2, 0) is 62.5 Å². The smallest absolute Gasteiger partial charge is 0.407 e. The minimum atomic E-state index is -1.25. The molecule has 16 nitrogen and oxygen atoms in total. The van der Waals surface area contributed by atoms with Gasteiger partial charge in [0.15, 0.2) is 12.1 Å². The van der Waals surface area contributed by atoms with Gasteiger partial charge in [0.1, 0.15) is 50.3 Å². The molecule has 16 heteroatoms. The van der Waals surface area contributed by atoms with Gasteiger partial charge in [0.05, 0.1) is 38.0 Å². The van der Waals surface area contributed by atoms with Gasteiger partial charge in [-0.1, -0.05) is 121 Å². The number of nitrogens with one attached hydrogen (secondary N) is 3. The zero-order valence-corrected chi connectivity index (χ0v) is 35.7. The standard InChI is InChI=1S/C48H55N3O13/c1-48(2)63-41-34(35(49-45(53)58-24-30-15-7-3-8-16-30)23-36(42(41)64-48)50-46(54)59-25-31-17-9-4-10-18-31)27-56-28-37-39(51-47(55)60-26-32-19-11-5-12-20-32)40(52)43-38(61-37)29-57-44(62-43)33-21-13-6-14-22-33/h3-22,34-44,52H,23-29H2,1-2H3,(H,49,53)(H,50,54)(H,51,55). The lowest BCUT2D eigenvalue weighted by molar-refractivity contribution is -0.317. The summed E-state index contributed by atoms with van der Waals surface area (Å²) in [6.45, 7) is 3.68. The molecule has 0 spiro atoms. The number of aliphatic hydroxyl groups excluding tert-OH is 1. The molecule has 340 valence electrons. The summed E-state index contributed by atoms with van der Waals surface area (Å²) >= 11 is 0. The fourth-order valence-electron chi connectivity index (χ4n) is 8.65. The van der Waals surface area contributed by atoms with Crippen molar-refractivity contribution in [2.45, 2.75) is 107 Å². The van der Waals surface area contributed by atoms with Crippen LogP contribution >= 0.6 is 0 Å². The molecule has 3 amide bonds. The van der Waals surface area contributed by atoms with Gasteiger partial charge in [-0.15, -0.1) is 0 Å². The lowest BCUT2D eigenvalue weighted by Crippen LogP contribution is -2.67. The minimum absolute atomic E-state index is 0.00766. The SMILES string of the molecule is CC1(C)OC2C(NC(=O)OCc3ccccc3)CC(NC(=O)OCc3ccccc3)C(COCC3OC4COC(c5ccccc5)OC4C(O)C3NC(=O)OCc3ccccc3)C2O1. The van der Waals surface area contributed by atoms with E-state index in [0.29, 0.717) is 0 Å². The number of carbonyl (C=O) groups is 3. The number of hydrogen-bond donors (Lipinski definition) is 4. The molecule has 0 aromatic heterocycles. The minimum Gasteiger partial charge on any atom is -0.445 e. The Labute approximate surface area is 371 Å². The predicted molar refractivity (Wildman–Crippen MR) is 228 cm³/mol. The van der Waals surface area contributed by atoms with E-state index in [1.165, 1.54) is 0 Å². The van der Waals surface area contributed by atoms with Crippen LogP contribution in [0.5, 0.6) is 0 Å². The zero-order chi connectivity index (χ0) is 44.5. The monoisotopic (exact) mass is 881 g/mol. The van der Waals surface area contributed by atoms with E-state index in [-0.39, 0.29) is 46.1 Å². The first-order valence-electron chi connectivity index (χ1n) is 21.6. The Hall–Kier alpha value is -5.59. The molecule has 1 saturated carbocycles. The van der Waals surface area contributed by atoms with E-state index < -0.39 is 91.0 Å². The number of fused-ring (bicyclic) bond motifs is 2. The molecule has 3 saturated heterocycles. The third-order valence-corrected chi connectivity index (χ3v) is 11.7. The van der Waals surface area contributed by atoms with Crippen molar-refractivity contribution in [3.8, 4) is 0 Å². The molecule has 0 radical (unpaired) electrons. The lowest BCUT2D eigenvalue weighted by Gasteiger charge is -2.48. The van der Waals surface area contributed by atoms with Crippen molar-refractivity contribution in [1.82, 2.24) is 16.0 Å². The van der Waals surface area contributed by atoms with Gasteiger partial charge >= 0.3 is 18.3 Å². The van der Waals surface area contributed by atoms with Crippen LogP contribution in [0.4, 0.5) is 14.4 Å². The highest BCUT2D eigenvalue weighted by molar-refractivity contribution is 5.69. The van der Waals surface area contributed by atoms with Gasteiger partial charge < -0.3 is 63.7 Å². The maximum Gasteiger partial charge on any atom is 0.407 e. The van der Waals surface area contributed by atoms with E-state index in [4.69, 9.17) is 42.6 Å². The van der Waals surface area contributed by atoms with E-state index in [9.17, 15) is 19.5 Å². The number of alkyl carbamates (subject to hydrolysis) is 3. The molecule has 8 rings (SSSR count). The second kappa shape index (κ2) is 20.9. The highest BCUT2D eigenvalue weighted by Gasteiger charge is 2.56. The Bertz CT molecular complexity index is 2120. The van der Waals surface area contributed by atoms with Gasteiger partial charge in [-0.3, -0.25) is 0 Å². The Morgan fingerprint density at radius 3 is 1.69 bits per heavy atom. The fourth-order valence-corrected chi connectivity index (χ4v) is 8.65. The van der Waals surface area contributed by atoms with Crippen molar-refractivity contribution >= 4 is 18.3 Å². The van der Waals surface area contributed by atoms with Crippen molar-refractivity contribution in [3.05, 3.63) is 144 Å². The Kier molecular flexibility index (Phi) is 14.7. The number of carbonyl (C=O) groups excluding carboxylic acids is 3. The third-order valence-electron chi connectivity index (χ3n) is 11.7. The molecule has 3 aliphatic heterocycles. The molecule has 1 aliphatic carbocycles. The first kappa shape index (κ1) is 45.0. The van der Waals surface area contributed by atoms with Crippen molar-refractivity contribution in [2.24, 2.45) is 5.92 Å². The highest BCUT2D eigenvalue weighted by Crippen LogP contribution is 2.41. The van der Waals surface area contributed by atoms with E-state index in [0.717, 1.165) is 22.3 Å². The topological polar surface area (TPSA) is 191 Å². The number of ether oxygens (including phenoxy) is 9. The molecule has 11 unspecified atom stereocenters. The largest absolute Gasteiger partial charge is 0.445 e. The first-order chi connectivity index (χ1) is 31.1. The van der Waals surface area contributed by atoms with Gasteiger partial charge in [-0.05, 0) is 37.0 Å². The van der Waals surface area contributed by atoms with Crippen molar-refractivity contribution in [3.63, 3.8) is 0 Å². The van der Waals surface area contributed by atoms with Crippen LogP contribution < -0.4 is 16.0 Å². The molecular weight excluding hydrogens is 827 g/mol. The molecular formula is C48H55N3O13. The quantitative estimate of drug-likeness (QED) is 0.114. The summed E-state index contributed by atoms with van der Waals surface area (Å²) in [5.41, 5.74) is 3.19. The Morgan fingerprint density at radius 2 is 1.12 bits per heavy atom. The molecule has 4 N–H and O–H groups in total. The Morgan fingerprint density at radius 1 is 0.625 bits per heavy atom. The molecule has 3 heterocycles. The number of aliphatic hydroxyl groups is 1. The Balaban J connectivity index is 0.978. The second-order valence-electron chi connectivity index (χ2n) is 16.7. The third kappa shape index (κ3) is 11.6. The summed E-state index contributed by atoms with van der Waals surface area (Å²) in [5, 5.41) is 20.7. The molecule has 11 atom stereocenters. The van der Waals surface area contributed by atoms with Gasteiger partial charge in [0.25, 0.3) is 0 Å². The number of benzene rings is 4. The number of hydrogen-bond acceptors (Lipinski definition) is 13. The van der Waals surface area contributed by atoms with Crippen LogP contribution in [0.2, 0.25) is 0 Å². The van der Waals surface area contributed by atoms with Crippen molar-refractivity contribution < 1.29 is 62.1 Å². The molecule has 4 aromatic carbocycles. The van der Waals surface area contributed by atoms with E-state index in [1.54, 1.807) is 13.8 Å². The summed E-state index contributed by atoms with van der Waals surface area (Å²) in [4.78, 5) is 40.0. The second-order valence-corrected chi connectivity index (χ2v) is 16.7. The van der Waals surface area contributed by atoms with Crippen molar-refractivity contribution in [2.75, 3.05) is 19.8 Å². The van der Waals surface area contributed by atoms with Crippen molar-refractivity contribution in [1.29, 1.82) is 0 Å². The van der Waals surface area contributed by atoms with Gasteiger partial charge in [0.2, 0.25) is 0 Å². The lowest BCUT2D eigenvalue weighted by atomic mass is 9.78. The molecule has 4 aromatic rings. The van der Waals surface area contributed by atoms with Crippen LogP contribution in [0.1, 0.15) is 48.8 Å². The van der Waals surface area contributed by atoms with Crippen LogP contribution in [0.15, 0.2) is 121 Å². The van der Waals surface area contributed by atoms with Crippen LogP contribution in [-0.4, -0.2) is 104 Å². The van der Waals surface area contributed by atoms with Gasteiger partial charge in [0, 0.05) is 17.5 Å². The van der Waals surface area contributed by atoms with E-state index >= 15 is 0 Å². The first-order valence-corrected chi connectivity index (χ1v) is 21.6. The normalized spacial score (nSPS) is 29.3. The fraction of sp³-hybridized carbons (Fsp3) is 0.438. The maximum atomic E-state index is 13.5. The summed E-state index contributed by atoms with van der Waals surface area (Å²) in [6, 6.07) is 34.9. The summed E-state index contributed by atoms with van der Waals surface area (Å²) in [5.74, 6) is -1.59. The van der Waals surface area contributed by atoms with Gasteiger partial charge in [-0.25, -0.2) is 14.4 Å². The molecule has 64 heavy (non-hydrogen) atoms. The maximum absolute atomic E-state index is 13.5. The summed E-state index contributed by atoms with van der Waals surface area (Å²) in [7, 11) is 0. The number of amides is 3. The van der Waals surface area contributed by atoms with E-state index in [1.807, 2.05) is 121 Å². The van der Waals surface area contributed by atoms with Crippen LogP contribution in [0.25, 0.3) is 0 Å². The van der Waals surface area contributed by atoms with Crippen LogP contribution in [0.3, 0.4) is 0 Å². The summed E-state index contributed by atoms with van der Waals surface area (Å²) < 4.78 is 54.9. The summed E-state index contributed by atoms with van der Waals surface area (Å²) in [6.07, 6.45) is -7.67.